The molecule has 0 radical (unpaired) electrons. The Morgan fingerprint density at radius 3 is 2.24 bits per heavy atom. The lowest BCUT2D eigenvalue weighted by Gasteiger charge is -2.29. The van der Waals surface area contributed by atoms with Gasteiger partial charge in [-0.25, -0.2) is 0 Å². The highest BCUT2D eigenvalue weighted by Crippen LogP contribution is 2.49. The summed E-state index contributed by atoms with van der Waals surface area (Å²) in [5.41, 5.74) is 6.14. The summed E-state index contributed by atoms with van der Waals surface area (Å²) in [6.45, 7) is 10.4. The quantitative estimate of drug-likeness (QED) is 0.642. The number of hydrogen-bond acceptors (Lipinski definition) is 2. The van der Waals surface area contributed by atoms with Crippen LogP contribution in [0, 0.1) is 11.3 Å². The van der Waals surface area contributed by atoms with Gasteiger partial charge in [0.15, 0.2) is 0 Å². The van der Waals surface area contributed by atoms with Crippen molar-refractivity contribution in [3.05, 3.63) is 0 Å². The Labute approximate surface area is 112 Å². The average molecular weight is 256 g/mol. The van der Waals surface area contributed by atoms with Gasteiger partial charge in [-0.1, -0.05) is 45.8 Å². The zero-order valence-corrected chi connectivity index (χ0v) is 12.5. The molecule has 17 heavy (non-hydrogen) atoms. The minimum absolute atomic E-state index is 0.438. The van der Waals surface area contributed by atoms with E-state index in [1.807, 2.05) is 0 Å². The van der Waals surface area contributed by atoms with Crippen molar-refractivity contribution >= 4 is 17.2 Å². The molecule has 0 bridgehead atoms. The van der Waals surface area contributed by atoms with Crippen LogP contribution in [0.25, 0.3) is 0 Å². The summed E-state index contributed by atoms with van der Waals surface area (Å²) < 4.78 is 0. The molecular formula is C14H28N2S. The average Bonchev–Trinajstić information content (AvgIpc) is 3.03. The van der Waals surface area contributed by atoms with Crippen LogP contribution < -0.4 is 5.73 Å². The van der Waals surface area contributed by atoms with Gasteiger partial charge in [-0.15, -0.1) is 0 Å². The molecule has 1 aliphatic rings. The molecule has 1 saturated carbocycles. The minimum atomic E-state index is 0.438. The van der Waals surface area contributed by atoms with E-state index in [4.69, 9.17) is 18.0 Å². The smallest absolute Gasteiger partial charge is 0.0733 e. The molecule has 0 saturated heterocycles. The SMILES string of the molecule is CCC(CC)CN(CC)CC1(CC(N)=S)CC1. The van der Waals surface area contributed by atoms with E-state index in [9.17, 15) is 0 Å². The van der Waals surface area contributed by atoms with Crippen LogP contribution in [0.3, 0.4) is 0 Å². The third-order valence-electron chi connectivity index (χ3n) is 4.18. The van der Waals surface area contributed by atoms with Crippen LogP contribution >= 0.6 is 12.2 Å². The molecule has 0 atom stereocenters. The van der Waals surface area contributed by atoms with E-state index in [1.54, 1.807) is 0 Å². The summed E-state index contributed by atoms with van der Waals surface area (Å²) in [5, 5.41) is 0. The summed E-state index contributed by atoms with van der Waals surface area (Å²) >= 11 is 5.07. The standard InChI is InChI=1S/C14H28N2S/c1-4-12(5-2)10-16(6-3)11-14(7-8-14)9-13(15)17/h12H,4-11H2,1-3H3,(H2,15,17). The highest BCUT2D eigenvalue weighted by molar-refractivity contribution is 7.80. The van der Waals surface area contributed by atoms with Crippen LogP contribution in [0.15, 0.2) is 0 Å². The summed E-state index contributed by atoms with van der Waals surface area (Å²) in [7, 11) is 0. The zero-order valence-electron chi connectivity index (χ0n) is 11.7. The van der Waals surface area contributed by atoms with Crippen LogP contribution in [0.4, 0.5) is 0 Å². The van der Waals surface area contributed by atoms with Crippen LogP contribution in [0.1, 0.15) is 52.9 Å². The number of nitrogens with two attached hydrogens (primary N) is 1. The summed E-state index contributed by atoms with van der Waals surface area (Å²) in [4.78, 5) is 3.30. The molecule has 1 aliphatic carbocycles. The third-order valence-corrected chi connectivity index (χ3v) is 4.33. The molecule has 3 heteroatoms. The molecule has 1 rings (SSSR count). The van der Waals surface area contributed by atoms with Crippen LogP contribution in [-0.4, -0.2) is 29.5 Å². The maximum Gasteiger partial charge on any atom is 0.0733 e. The van der Waals surface area contributed by atoms with Gasteiger partial charge >= 0.3 is 0 Å². The van der Waals surface area contributed by atoms with E-state index in [1.165, 1.54) is 38.8 Å². The summed E-state index contributed by atoms with van der Waals surface area (Å²) in [6.07, 6.45) is 6.14. The molecule has 0 unspecified atom stereocenters. The van der Waals surface area contributed by atoms with Crippen LogP contribution in [0.5, 0.6) is 0 Å². The van der Waals surface area contributed by atoms with E-state index < -0.39 is 0 Å². The van der Waals surface area contributed by atoms with Crippen molar-refractivity contribution in [2.24, 2.45) is 17.1 Å². The number of thiocarbonyl (C=S) groups is 1. The lowest BCUT2D eigenvalue weighted by molar-refractivity contribution is 0.194. The monoisotopic (exact) mass is 256 g/mol. The molecular weight excluding hydrogens is 228 g/mol. The molecule has 0 aliphatic heterocycles. The second-order valence-corrected chi connectivity index (χ2v) is 6.18. The van der Waals surface area contributed by atoms with Gasteiger partial charge in [-0.3, -0.25) is 0 Å². The maximum atomic E-state index is 5.70. The van der Waals surface area contributed by atoms with Crippen molar-refractivity contribution in [1.29, 1.82) is 0 Å². The third kappa shape index (κ3) is 4.92. The van der Waals surface area contributed by atoms with E-state index in [0.717, 1.165) is 18.9 Å². The van der Waals surface area contributed by atoms with E-state index in [0.29, 0.717) is 10.4 Å². The Hall–Kier alpha value is -0.150. The van der Waals surface area contributed by atoms with E-state index in [-0.39, 0.29) is 0 Å². The molecule has 0 amide bonds. The van der Waals surface area contributed by atoms with E-state index in [2.05, 4.69) is 25.7 Å². The molecule has 100 valence electrons. The highest BCUT2D eigenvalue weighted by atomic mass is 32.1. The van der Waals surface area contributed by atoms with Crippen molar-refractivity contribution < 1.29 is 0 Å². The molecule has 1 fully saturated rings. The summed E-state index contributed by atoms with van der Waals surface area (Å²) in [5.74, 6) is 0.843. The predicted molar refractivity (Wildman–Crippen MR) is 79.3 cm³/mol. The second-order valence-electron chi connectivity index (χ2n) is 5.65. The topological polar surface area (TPSA) is 29.3 Å². The first kappa shape index (κ1) is 14.9. The molecule has 0 aromatic rings. The van der Waals surface area contributed by atoms with Gasteiger partial charge in [0.1, 0.15) is 0 Å². The number of hydrogen-bond donors (Lipinski definition) is 1. The van der Waals surface area contributed by atoms with Crippen molar-refractivity contribution in [2.45, 2.75) is 52.9 Å². The molecule has 0 spiro atoms. The lowest BCUT2D eigenvalue weighted by Crippen LogP contribution is -2.35. The Kier molecular flexibility index (Phi) is 5.87. The van der Waals surface area contributed by atoms with Crippen LogP contribution in [0.2, 0.25) is 0 Å². The Balaban J connectivity index is 2.43. The minimum Gasteiger partial charge on any atom is -0.393 e. The Morgan fingerprint density at radius 1 is 1.29 bits per heavy atom. The molecule has 0 aromatic carbocycles. The summed E-state index contributed by atoms with van der Waals surface area (Å²) in [6, 6.07) is 0. The van der Waals surface area contributed by atoms with Gasteiger partial charge in [0, 0.05) is 19.5 Å². The Morgan fingerprint density at radius 2 is 1.88 bits per heavy atom. The lowest BCUT2D eigenvalue weighted by atomic mass is 9.99. The number of nitrogens with zero attached hydrogens (tertiary/aromatic N) is 1. The molecule has 0 aromatic heterocycles. The first-order valence-electron chi connectivity index (χ1n) is 7.06. The second kappa shape index (κ2) is 6.69. The first-order chi connectivity index (χ1) is 8.05. The van der Waals surface area contributed by atoms with Crippen molar-refractivity contribution in [2.75, 3.05) is 19.6 Å². The number of rotatable bonds is 9. The highest BCUT2D eigenvalue weighted by Gasteiger charge is 2.43. The van der Waals surface area contributed by atoms with Gasteiger partial charge in [0.2, 0.25) is 0 Å². The fraction of sp³-hybridized carbons (Fsp3) is 0.929. The van der Waals surface area contributed by atoms with Crippen molar-refractivity contribution in [3.63, 3.8) is 0 Å². The Bertz CT molecular complexity index is 245. The molecule has 2 N–H and O–H groups in total. The van der Waals surface area contributed by atoms with Crippen LogP contribution in [-0.2, 0) is 0 Å². The molecule has 0 heterocycles. The first-order valence-corrected chi connectivity index (χ1v) is 7.46. The van der Waals surface area contributed by atoms with Crippen molar-refractivity contribution in [1.82, 2.24) is 4.90 Å². The van der Waals surface area contributed by atoms with Gasteiger partial charge in [-0.05, 0) is 30.7 Å². The van der Waals surface area contributed by atoms with E-state index >= 15 is 0 Å². The fourth-order valence-corrected chi connectivity index (χ4v) is 2.94. The molecule has 2 nitrogen and oxygen atoms in total. The predicted octanol–water partition coefficient (Wildman–Crippen LogP) is 3.20. The zero-order chi connectivity index (χ0) is 12.9. The fourth-order valence-electron chi connectivity index (χ4n) is 2.63. The van der Waals surface area contributed by atoms with Crippen molar-refractivity contribution in [3.8, 4) is 0 Å². The van der Waals surface area contributed by atoms with Gasteiger partial charge in [0.05, 0.1) is 4.99 Å². The van der Waals surface area contributed by atoms with Gasteiger partial charge < -0.3 is 10.6 Å². The van der Waals surface area contributed by atoms with Gasteiger partial charge in [0.25, 0.3) is 0 Å². The normalized spacial score (nSPS) is 17.7. The largest absolute Gasteiger partial charge is 0.393 e. The maximum absolute atomic E-state index is 5.70. The van der Waals surface area contributed by atoms with Gasteiger partial charge in [-0.2, -0.15) is 0 Å².